The van der Waals surface area contributed by atoms with E-state index in [1.165, 1.54) is 11.0 Å². The zero-order chi connectivity index (χ0) is 24.8. The van der Waals surface area contributed by atoms with Gasteiger partial charge in [-0.1, -0.05) is 45.0 Å². The molecule has 3 aromatic rings. The molecule has 4 rings (SSSR count). The topological polar surface area (TPSA) is 90.7 Å². The molecular formula is C28H28N2O4. The molecule has 34 heavy (non-hydrogen) atoms. The second-order valence-corrected chi connectivity index (χ2v) is 9.70. The second-order valence-electron chi connectivity index (χ2n) is 9.70. The minimum absolute atomic E-state index is 0.0567. The molecule has 2 heterocycles. The molecule has 174 valence electrons. The van der Waals surface area contributed by atoms with Crippen molar-refractivity contribution in [3.8, 4) is 5.75 Å². The third-order valence-electron chi connectivity index (χ3n) is 6.16. The number of Topliss-reactive ketones (excluding diaryl/α,β-unsaturated/α-hetero) is 1. The monoisotopic (exact) mass is 456 g/mol. The predicted molar refractivity (Wildman–Crippen MR) is 132 cm³/mol. The molecule has 1 saturated heterocycles. The van der Waals surface area contributed by atoms with Crippen molar-refractivity contribution >= 4 is 23.1 Å². The SMILES string of the molecule is Cc1ccc(O)c(N2C(=O)C(=O)/C(=C(/O)c3cc(C(C)(C)C)ccc3C)C2c2ccccn2)c1. The van der Waals surface area contributed by atoms with Gasteiger partial charge in [-0.25, -0.2) is 0 Å². The lowest BCUT2D eigenvalue weighted by Crippen LogP contribution is -2.30. The van der Waals surface area contributed by atoms with Gasteiger partial charge in [0.05, 0.1) is 17.0 Å². The van der Waals surface area contributed by atoms with E-state index in [1.54, 1.807) is 36.5 Å². The van der Waals surface area contributed by atoms with E-state index in [2.05, 4.69) is 25.8 Å². The first-order valence-electron chi connectivity index (χ1n) is 11.1. The van der Waals surface area contributed by atoms with Gasteiger partial charge in [-0.3, -0.25) is 19.5 Å². The Hall–Kier alpha value is -3.93. The summed E-state index contributed by atoms with van der Waals surface area (Å²) in [5, 5.41) is 22.1. The summed E-state index contributed by atoms with van der Waals surface area (Å²) >= 11 is 0. The maximum Gasteiger partial charge on any atom is 0.300 e. The van der Waals surface area contributed by atoms with Gasteiger partial charge in [-0.2, -0.15) is 0 Å². The fraction of sp³-hybridized carbons (Fsp3) is 0.250. The number of carbonyl (C=O) groups excluding carboxylic acids is 2. The van der Waals surface area contributed by atoms with Crippen LogP contribution in [0.25, 0.3) is 5.76 Å². The lowest BCUT2D eigenvalue weighted by molar-refractivity contribution is -0.132. The molecule has 6 nitrogen and oxygen atoms in total. The number of hydrogen-bond acceptors (Lipinski definition) is 5. The molecule has 1 amide bonds. The van der Waals surface area contributed by atoms with Crippen molar-refractivity contribution in [2.75, 3.05) is 4.90 Å². The smallest absolute Gasteiger partial charge is 0.300 e. The first-order chi connectivity index (χ1) is 16.0. The van der Waals surface area contributed by atoms with Crippen LogP contribution < -0.4 is 4.90 Å². The summed E-state index contributed by atoms with van der Waals surface area (Å²) in [6, 6.07) is 14.8. The maximum atomic E-state index is 13.4. The van der Waals surface area contributed by atoms with E-state index in [9.17, 15) is 19.8 Å². The van der Waals surface area contributed by atoms with Crippen LogP contribution in [0.4, 0.5) is 5.69 Å². The first-order valence-corrected chi connectivity index (χ1v) is 11.1. The summed E-state index contributed by atoms with van der Waals surface area (Å²) in [4.78, 5) is 32.3. The largest absolute Gasteiger partial charge is 0.507 e. The Kier molecular flexibility index (Phi) is 5.77. The van der Waals surface area contributed by atoms with Crippen LogP contribution in [0.3, 0.4) is 0 Å². The summed E-state index contributed by atoms with van der Waals surface area (Å²) in [5.74, 6) is -2.05. The Morgan fingerprint density at radius 1 is 1.00 bits per heavy atom. The molecular weight excluding hydrogens is 428 g/mol. The zero-order valence-electron chi connectivity index (χ0n) is 20.0. The van der Waals surface area contributed by atoms with Crippen molar-refractivity contribution < 1.29 is 19.8 Å². The molecule has 2 aromatic carbocycles. The van der Waals surface area contributed by atoms with Crippen molar-refractivity contribution in [2.45, 2.75) is 46.1 Å². The second kappa shape index (κ2) is 8.45. The molecule has 0 aliphatic carbocycles. The van der Waals surface area contributed by atoms with Crippen LogP contribution in [-0.2, 0) is 15.0 Å². The van der Waals surface area contributed by atoms with Gasteiger partial charge < -0.3 is 10.2 Å². The van der Waals surface area contributed by atoms with Gasteiger partial charge in [-0.15, -0.1) is 0 Å². The normalized spacial score (nSPS) is 17.9. The van der Waals surface area contributed by atoms with Crippen molar-refractivity contribution in [2.24, 2.45) is 0 Å². The molecule has 1 unspecified atom stereocenters. The van der Waals surface area contributed by atoms with E-state index < -0.39 is 17.7 Å². The van der Waals surface area contributed by atoms with Crippen LogP contribution in [0.1, 0.15) is 54.8 Å². The van der Waals surface area contributed by atoms with E-state index in [0.717, 1.165) is 16.7 Å². The van der Waals surface area contributed by atoms with Gasteiger partial charge in [0.1, 0.15) is 17.6 Å². The number of ketones is 1. The minimum Gasteiger partial charge on any atom is -0.507 e. The molecule has 1 aliphatic heterocycles. The number of aromatic nitrogens is 1. The standard InChI is InChI=1S/C28H28N2O4/c1-16-9-12-22(31)21(14-16)30-24(20-8-6-7-13-29-20)23(26(33)27(30)34)25(32)19-15-18(28(3,4)5)11-10-17(19)2/h6-15,24,31-32H,1-5H3/b25-23+. The maximum absolute atomic E-state index is 13.4. The van der Waals surface area contributed by atoms with Crippen molar-refractivity contribution in [1.29, 1.82) is 0 Å². The summed E-state index contributed by atoms with van der Waals surface area (Å²) in [5.41, 5.74) is 3.42. The molecule has 6 heteroatoms. The average Bonchev–Trinajstić information content (AvgIpc) is 3.05. The van der Waals surface area contributed by atoms with Crippen LogP contribution in [0.5, 0.6) is 5.75 Å². The summed E-state index contributed by atoms with van der Waals surface area (Å²) in [6.45, 7) is 9.87. The molecule has 2 N–H and O–H groups in total. The highest BCUT2D eigenvalue weighted by Gasteiger charge is 2.48. The van der Waals surface area contributed by atoms with Gasteiger partial charge in [0.25, 0.3) is 11.7 Å². The fourth-order valence-corrected chi connectivity index (χ4v) is 4.21. The average molecular weight is 457 g/mol. The number of nitrogens with zero attached hydrogens (tertiary/aromatic N) is 2. The van der Waals surface area contributed by atoms with Crippen LogP contribution in [0.2, 0.25) is 0 Å². The lowest BCUT2D eigenvalue weighted by Gasteiger charge is -2.26. The summed E-state index contributed by atoms with van der Waals surface area (Å²) in [6.07, 6.45) is 1.57. The predicted octanol–water partition coefficient (Wildman–Crippen LogP) is 5.33. The quantitative estimate of drug-likeness (QED) is 0.316. The summed E-state index contributed by atoms with van der Waals surface area (Å²) < 4.78 is 0. The van der Waals surface area contributed by atoms with E-state index in [4.69, 9.17) is 0 Å². The van der Waals surface area contributed by atoms with E-state index >= 15 is 0 Å². The number of hydrogen-bond donors (Lipinski definition) is 2. The van der Waals surface area contributed by atoms with Crippen LogP contribution in [0.15, 0.2) is 66.4 Å². The number of rotatable bonds is 3. The number of phenolic OH excluding ortho intramolecular Hbond substituents is 1. The van der Waals surface area contributed by atoms with Crippen molar-refractivity contribution in [1.82, 2.24) is 4.98 Å². The molecule has 0 spiro atoms. The van der Waals surface area contributed by atoms with Crippen molar-refractivity contribution in [3.05, 3.63) is 94.3 Å². The number of carbonyl (C=O) groups is 2. The highest BCUT2D eigenvalue weighted by atomic mass is 16.3. The van der Waals surface area contributed by atoms with Gasteiger partial charge in [0.2, 0.25) is 0 Å². The Bertz CT molecular complexity index is 1320. The Morgan fingerprint density at radius 2 is 1.74 bits per heavy atom. The van der Waals surface area contributed by atoms with Crippen LogP contribution in [0, 0.1) is 13.8 Å². The number of aliphatic hydroxyl groups excluding tert-OH is 1. The van der Waals surface area contributed by atoms with Gasteiger partial charge >= 0.3 is 0 Å². The molecule has 1 aromatic heterocycles. The van der Waals surface area contributed by atoms with E-state index in [1.807, 2.05) is 32.0 Å². The van der Waals surface area contributed by atoms with E-state index in [-0.39, 0.29) is 28.2 Å². The number of aryl methyl sites for hydroxylation is 2. The van der Waals surface area contributed by atoms with Gasteiger partial charge in [0, 0.05) is 11.8 Å². The Labute approximate surface area is 199 Å². The van der Waals surface area contributed by atoms with Crippen LogP contribution in [-0.4, -0.2) is 26.9 Å². The number of anilines is 1. The third-order valence-corrected chi connectivity index (χ3v) is 6.16. The van der Waals surface area contributed by atoms with Crippen LogP contribution >= 0.6 is 0 Å². The highest BCUT2D eigenvalue weighted by Crippen LogP contribution is 2.44. The molecule has 1 atom stereocenters. The summed E-state index contributed by atoms with van der Waals surface area (Å²) in [7, 11) is 0. The minimum atomic E-state index is -0.994. The molecule has 1 fully saturated rings. The Morgan fingerprint density at radius 3 is 2.38 bits per heavy atom. The molecule has 1 aliphatic rings. The first kappa shape index (κ1) is 23.2. The van der Waals surface area contributed by atoms with Crippen molar-refractivity contribution in [3.63, 3.8) is 0 Å². The van der Waals surface area contributed by atoms with Gasteiger partial charge in [-0.05, 0) is 66.3 Å². The van der Waals surface area contributed by atoms with Gasteiger partial charge in [0.15, 0.2) is 0 Å². The number of benzene rings is 2. The highest BCUT2D eigenvalue weighted by molar-refractivity contribution is 6.51. The number of amides is 1. The molecule has 0 bridgehead atoms. The Balaban J connectivity index is 2.00. The fourth-order valence-electron chi connectivity index (χ4n) is 4.21. The number of pyridine rings is 1. The molecule has 0 radical (unpaired) electrons. The number of aromatic hydroxyl groups is 1. The van der Waals surface area contributed by atoms with E-state index in [0.29, 0.717) is 11.3 Å². The number of aliphatic hydroxyl groups is 1. The molecule has 0 saturated carbocycles. The third kappa shape index (κ3) is 3.96. The number of phenols is 1. The lowest BCUT2D eigenvalue weighted by atomic mass is 9.84. The zero-order valence-corrected chi connectivity index (χ0v) is 20.0.